The second kappa shape index (κ2) is 4.33. The molecule has 0 saturated heterocycles. The second-order valence-electron chi connectivity index (χ2n) is 4.38. The van der Waals surface area contributed by atoms with Gasteiger partial charge in [0.15, 0.2) is 0 Å². The molecule has 1 aliphatic carbocycles. The summed E-state index contributed by atoms with van der Waals surface area (Å²) in [5, 5.41) is 9.32. The summed E-state index contributed by atoms with van der Waals surface area (Å²) in [6, 6.07) is 3.83. The fourth-order valence-electron chi connectivity index (χ4n) is 2.13. The van der Waals surface area contributed by atoms with Crippen LogP contribution in [0.15, 0.2) is 16.6 Å². The number of halogens is 1. The minimum atomic E-state index is -0.757. The van der Waals surface area contributed by atoms with E-state index in [1.54, 1.807) is 7.11 Å². The van der Waals surface area contributed by atoms with E-state index in [9.17, 15) is 9.90 Å². The van der Waals surface area contributed by atoms with Crippen molar-refractivity contribution in [2.24, 2.45) is 0 Å². The van der Waals surface area contributed by atoms with Crippen LogP contribution in [-0.4, -0.2) is 18.2 Å². The number of rotatable bonds is 4. The standard InChI is InChI=1S/C13H15BrO3/c1-3-8-6-11(17-2)9(7-10(8)14)13(4-5-13)12(15)16/h6-7H,3-5H2,1-2H3,(H,15,16). The molecule has 1 saturated carbocycles. The van der Waals surface area contributed by atoms with Crippen molar-refractivity contribution in [3.05, 3.63) is 27.7 Å². The van der Waals surface area contributed by atoms with Gasteiger partial charge in [0, 0.05) is 10.0 Å². The number of benzene rings is 1. The van der Waals surface area contributed by atoms with Crippen LogP contribution in [0.3, 0.4) is 0 Å². The number of carboxylic acids is 1. The van der Waals surface area contributed by atoms with E-state index in [0.29, 0.717) is 18.6 Å². The predicted octanol–water partition coefficient (Wildman–Crippen LogP) is 3.14. The van der Waals surface area contributed by atoms with E-state index < -0.39 is 11.4 Å². The number of carbonyl (C=O) groups is 1. The smallest absolute Gasteiger partial charge is 0.314 e. The van der Waals surface area contributed by atoms with Crippen LogP contribution in [0.25, 0.3) is 0 Å². The summed E-state index contributed by atoms with van der Waals surface area (Å²) >= 11 is 3.49. The Balaban J connectivity index is 2.54. The number of methoxy groups -OCH3 is 1. The molecule has 2 rings (SSSR count). The van der Waals surface area contributed by atoms with Gasteiger partial charge in [0.1, 0.15) is 5.75 Å². The van der Waals surface area contributed by atoms with E-state index >= 15 is 0 Å². The number of hydrogen-bond donors (Lipinski definition) is 1. The first-order valence-electron chi connectivity index (χ1n) is 5.65. The van der Waals surface area contributed by atoms with Crippen LogP contribution in [-0.2, 0) is 16.6 Å². The average molecular weight is 299 g/mol. The number of aryl methyl sites for hydroxylation is 1. The highest BCUT2D eigenvalue weighted by molar-refractivity contribution is 9.10. The lowest BCUT2D eigenvalue weighted by molar-refractivity contribution is -0.140. The molecule has 0 heterocycles. The Hall–Kier alpha value is -1.03. The second-order valence-corrected chi connectivity index (χ2v) is 5.24. The Bertz CT molecular complexity index is 464. The molecule has 0 radical (unpaired) electrons. The van der Waals surface area contributed by atoms with Gasteiger partial charge >= 0.3 is 5.97 Å². The maximum atomic E-state index is 11.3. The Morgan fingerprint density at radius 1 is 1.53 bits per heavy atom. The topological polar surface area (TPSA) is 46.5 Å². The Morgan fingerprint density at radius 2 is 2.18 bits per heavy atom. The molecule has 0 unspecified atom stereocenters. The number of carboxylic acid groups (broad SMARTS) is 1. The van der Waals surface area contributed by atoms with Crippen LogP contribution in [0.4, 0.5) is 0 Å². The molecular weight excluding hydrogens is 284 g/mol. The molecule has 1 aromatic carbocycles. The Kier molecular flexibility index (Phi) is 3.17. The van der Waals surface area contributed by atoms with Gasteiger partial charge in [-0.05, 0) is 37.0 Å². The molecule has 0 aromatic heterocycles. The molecule has 1 aromatic rings. The van der Waals surface area contributed by atoms with Crippen molar-refractivity contribution in [3.8, 4) is 5.75 Å². The molecule has 17 heavy (non-hydrogen) atoms. The van der Waals surface area contributed by atoms with Gasteiger partial charge < -0.3 is 9.84 Å². The monoisotopic (exact) mass is 298 g/mol. The minimum absolute atomic E-state index is 0.685. The van der Waals surface area contributed by atoms with Crippen molar-refractivity contribution in [1.82, 2.24) is 0 Å². The molecule has 0 atom stereocenters. The van der Waals surface area contributed by atoms with Gasteiger partial charge in [0.05, 0.1) is 12.5 Å². The molecule has 92 valence electrons. The first kappa shape index (κ1) is 12.4. The zero-order valence-electron chi connectivity index (χ0n) is 9.92. The van der Waals surface area contributed by atoms with E-state index in [1.165, 1.54) is 0 Å². The van der Waals surface area contributed by atoms with Crippen LogP contribution in [0, 0.1) is 0 Å². The lowest BCUT2D eigenvalue weighted by Crippen LogP contribution is -2.20. The SMILES string of the molecule is CCc1cc(OC)c(C2(C(=O)O)CC2)cc1Br. The van der Waals surface area contributed by atoms with E-state index in [4.69, 9.17) is 4.74 Å². The third-order valence-electron chi connectivity index (χ3n) is 3.42. The first-order chi connectivity index (χ1) is 8.05. The lowest BCUT2D eigenvalue weighted by atomic mass is 9.93. The van der Waals surface area contributed by atoms with Gasteiger partial charge in [-0.15, -0.1) is 0 Å². The molecule has 1 N–H and O–H groups in total. The normalized spacial score (nSPS) is 16.6. The highest BCUT2D eigenvalue weighted by Gasteiger charge is 2.53. The molecule has 0 aliphatic heterocycles. The van der Waals surface area contributed by atoms with Crippen LogP contribution < -0.4 is 4.74 Å². The van der Waals surface area contributed by atoms with Gasteiger partial charge in [0.25, 0.3) is 0 Å². The number of hydrogen-bond acceptors (Lipinski definition) is 2. The molecule has 1 fully saturated rings. The third-order valence-corrected chi connectivity index (χ3v) is 4.16. The number of ether oxygens (including phenoxy) is 1. The van der Waals surface area contributed by atoms with Crippen LogP contribution in [0.1, 0.15) is 30.9 Å². The van der Waals surface area contributed by atoms with Crippen LogP contribution >= 0.6 is 15.9 Å². The molecule has 0 amide bonds. The van der Waals surface area contributed by atoms with Gasteiger partial charge in [-0.25, -0.2) is 0 Å². The van der Waals surface area contributed by atoms with E-state index in [2.05, 4.69) is 22.9 Å². The Labute approximate surface area is 109 Å². The fourth-order valence-corrected chi connectivity index (χ4v) is 2.76. The van der Waals surface area contributed by atoms with Crippen molar-refractivity contribution in [1.29, 1.82) is 0 Å². The zero-order chi connectivity index (χ0) is 12.6. The first-order valence-corrected chi connectivity index (χ1v) is 6.44. The van der Waals surface area contributed by atoms with Crippen LogP contribution in [0.5, 0.6) is 5.75 Å². The molecule has 4 heteroatoms. The molecule has 1 aliphatic rings. The van der Waals surface area contributed by atoms with Crippen molar-refractivity contribution in [2.45, 2.75) is 31.6 Å². The van der Waals surface area contributed by atoms with Crippen molar-refractivity contribution >= 4 is 21.9 Å². The largest absolute Gasteiger partial charge is 0.496 e. The molecule has 0 spiro atoms. The summed E-state index contributed by atoms with van der Waals surface area (Å²) in [4.78, 5) is 11.3. The lowest BCUT2D eigenvalue weighted by Gasteiger charge is -2.17. The molecular formula is C13H15BrO3. The summed E-state index contributed by atoms with van der Waals surface area (Å²) in [5.74, 6) is -0.0723. The van der Waals surface area contributed by atoms with Crippen LogP contribution in [0.2, 0.25) is 0 Å². The Morgan fingerprint density at radius 3 is 2.59 bits per heavy atom. The van der Waals surface area contributed by atoms with E-state index in [0.717, 1.165) is 22.0 Å². The third kappa shape index (κ3) is 1.95. The highest BCUT2D eigenvalue weighted by atomic mass is 79.9. The minimum Gasteiger partial charge on any atom is -0.496 e. The summed E-state index contributed by atoms with van der Waals surface area (Å²) < 4.78 is 6.30. The fraction of sp³-hybridized carbons (Fsp3) is 0.462. The highest BCUT2D eigenvalue weighted by Crippen LogP contribution is 2.52. The zero-order valence-corrected chi connectivity index (χ0v) is 11.5. The summed E-state index contributed by atoms with van der Waals surface area (Å²) in [5.41, 5.74) is 1.20. The van der Waals surface area contributed by atoms with Gasteiger partial charge in [-0.3, -0.25) is 4.79 Å². The van der Waals surface area contributed by atoms with Gasteiger partial charge in [0.2, 0.25) is 0 Å². The summed E-state index contributed by atoms with van der Waals surface area (Å²) in [7, 11) is 1.59. The summed E-state index contributed by atoms with van der Waals surface area (Å²) in [6.45, 7) is 2.06. The van der Waals surface area contributed by atoms with Crippen molar-refractivity contribution in [2.75, 3.05) is 7.11 Å². The summed E-state index contributed by atoms with van der Waals surface area (Å²) in [6.07, 6.45) is 2.27. The predicted molar refractivity (Wildman–Crippen MR) is 68.6 cm³/mol. The maximum Gasteiger partial charge on any atom is 0.314 e. The van der Waals surface area contributed by atoms with Crippen molar-refractivity contribution < 1.29 is 14.6 Å². The van der Waals surface area contributed by atoms with Gasteiger partial charge in [-0.2, -0.15) is 0 Å². The van der Waals surface area contributed by atoms with E-state index in [1.807, 2.05) is 12.1 Å². The molecule has 0 bridgehead atoms. The molecule has 3 nitrogen and oxygen atoms in total. The van der Waals surface area contributed by atoms with Crippen molar-refractivity contribution in [3.63, 3.8) is 0 Å². The average Bonchev–Trinajstić information content (AvgIpc) is 3.09. The maximum absolute atomic E-state index is 11.3. The van der Waals surface area contributed by atoms with Gasteiger partial charge in [-0.1, -0.05) is 22.9 Å². The number of aliphatic carboxylic acids is 1. The quantitative estimate of drug-likeness (QED) is 0.929. The van der Waals surface area contributed by atoms with E-state index in [-0.39, 0.29) is 0 Å².